The van der Waals surface area contributed by atoms with Gasteiger partial charge in [0.2, 0.25) is 0 Å². The number of aromatic nitrogens is 2. The van der Waals surface area contributed by atoms with Gasteiger partial charge in [-0.15, -0.1) is 0 Å². The maximum atomic E-state index is 14.1. The first-order valence-electron chi connectivity index (χ1n) is 12.5. The summed E-state index contributed by atoms with van der Waals surface area (Å²) in [7, 11) is 0. The number of rotatable bonds is 8. The van der Waals surface area contributed by atoms with E-state index in [4.69, 9.17) is 27.1 Å². The lowest BCUT2D eigenvalue weighted by atomic mass is 9.90. The molecule has 1 saturated carbocycles. The van der Waals surface area contributed by atoms with Crippen molar-refractivity contribution in [2.75, 3.05) is 11.9 Å². The predicted molar refractivity (Wildman–Crippen MR) is 143 cm³/mol. The number of pyridine rings is 2. The van der Waals surface area contributed by atoms with Crippen molar-refractivity contribution in [2.24, 2.45) is 11.7 Å². The van der Waals surface area contributed by atoms with Crippen LogP contribution in [0.2, 0.25) is 5.02 Å². The van der Waals surface area contributed by atoms with Gasteiger partial charge in [-0.3, -0.25) is 9.78 Å². The van der Waals surface area contributed by atoms with Gasteiger partial charge in [-0.1, -0.05) is 25.4 Å². The fraction of sp³-hybridized carbons (Fsp3) is 0.444. The highest BCUT2D eigenvalue weighted by molar-refractivity contribution is 6.32. The van der Waals surface area contributed by atoms with Crippen molar-refractivity contribution in [2.45, 2.75) is 64.6 Å². The summed E-state index contributed by atoms with van der Waals surface area (Å²) in [6.07, 6.45) is 5.30. The molecule has 8 nitrogen and oxygen atoms in total. The number of ether oxygens (including phenoxy) is 1. The Morgan fingerprint density at radius 3 is 2.59 bits per heavy atom. The number of aromatic hydroxyl groups is 1. The van der Waals surface area contributed by atoms with Crippen LogP contribution in [-0.4, -0.2) is 45.7 Å². The summed E-state index contributed by atoms with van der Waals surface area (Å²) >= 11 is 5.98. The minimum absolute atomic E-state index is 0.109. The van der Waals surface area contributed by atoms with Crippen LogP contribution in [0, 0.1) is 11.7 Å². The smallest absolute Gasteiger partial charge is 0.308 e. The molecule has 1 aromatic carbocycles. The van der Waals surface area contributed by atoms with Crippen LogP contribution >= 0.6 is 11.6 Å². The molecule has 3 aromatic rings. The van der Waals surface area contributed by atoms with Gasteiger partial charge in [0.15, 0.2) is 17.3 Å². The molecule has 5 N–H and O–H groups in total. The molecule has 4 rings (SSSR count). The molecule has 0 saturated heterocycles. The molecule has 2 heterocycles. The van der Waals surface area contributed by atoms with Crippen LogP contribution in [0.25, 0.3) is 22.3 Å². The first kappa shape index (κ1) is 27.0. The number of esters is 1. The van der Waals surface area contributed by atoms with Crippen LogP contribution in [0.1, 0.15) is 46.5 Å². The van der Waals surface area contributed by atoms with Crippen LogP contribution in [0.15, 0.2) is 30.5 Å². The Kier molecular flexibility index (Phi) is 8.46. The highest BCUT2D eigenvalue weighted by Crippen LogP contribution is 2.36. The van der Waals surface area contributed by atoms with Gasteiger partial charge >= 0.3 is 5.97 Å². The molecule has 0 amide bonds. The summed E-state index contributed by atoms with van der Waals surface area (Å²) in [5, 5.41) is 16.7. The maximum absolute atomic E-state index is 14.1. The zero-order chi connectivity index (χ0) is 26.7. The average Bonchev–Trinajstić information content (AvgIpc) is 2.87. The Balaban J connectivity index is 1.60. The van der Waals surface area contributed by atoms with E-state index in [1.54, 1.807) is 12.1 Å². The van der Waals surface area contributed by atoms with Gasteiger partial charge < -0.3 is 26.2 Å². The summed E-state index contributed by atoms with van der Waals surface area (Å²) < 4.78 is 19.6. The molecule has 0 spiro atoms. The number of carbonyl (C=O) groups excluding carboxylic acids is 1. The molecule has 2 aromatic heterocycles. The molecule has 1 atom stereocenters. The molecule has 37 heavy (non-hydrogen) atoms. The van der Waals surface area contributed by atoms with Gasteiger partial charge in [0.05, 0.1) is 22.4 Å². The molecular weight excluding hydrogens is 497 g/mol. The molecule has 0 radical (unpaired) electrons. The monoisotopic (exact) mass is 529 g/mol. The van der Waals surface area contributed by atoms with Crippen molar-refractivity contribution < 1.29 is 19.0 Å². The topological polar surface area (TPSA) is 122 Å². The minimum Gasteiger partial charge on any atom is -0.504 e. The number of phenolic OH excluding ortho intramolecular Hbond substituents is 1. The first-order valence-corrected chi connectivity index (χ1v) is 12.9. The molecule has 0 aliphatic heterocycles. The SMILES string of the molecule is CC(=O)Oc1cnc2ccc(-c3cc(F)c(O)c(Cl)c3)nc2c1NC1CCC(NCC(N)C(C)C)CC1. The van der Waals surface area contributed by atoms with E-state index < -0.39 is 17.5 Å². The Morgan fingerprint density at radius 2 is 1.95 bits per heavy atom. The van der Waals surface area contributed by atoms with Gasteiger partial charge in [0.25, 0.3) is 0 Å². The van der Waals surface area contributed by atoms with E-state index in [2.05, 4.69) is 29.5 Å². The molecule has 10 heteroatoms. The van der Waals surface area contributed by atoms with Crippen LogP contribution in [0.3, 0.4) is 0 Å². The van der Waals surface area contributed by atoms with Crippen LogP contribution < -0.4 is 21.1 Å². The Morgan fingerprint density at radius 1 is 1.24 bits per heavy atom. The molecule has 1 unspecified atom stereocenters. The fourth-order valence-electron chi connectivity index (χ4n) is 4.48. The first-order chi connectivity index (χ1) is 17.6. The highest BCUT2D eigenvalue weighted by atomic mass is 35.5. The number of hydrogen-bond donors (Lipinski definition) is 4. The van der Waals surface area contributed by atoms with Crippen LogP contribution in [0.4, 0.5) is 10.1 Å². The lowest BCUT2D eigenvalue weighted by Crippen LogP contribution is -2.44. The average molecular weight is 530 g/mol. The van der Waals surface area contributed by atoms with Crippen molar-refractivity contribution in [1.82, 2.24) is 15.3 Å². The third kappa shape index (κ3) is 6.47. The van der Waals surface area contributed by atoms with E-state index in [0.29, 0.717) is 39.9 Å². The van der Waals surface area contributed by atoms with Gasteiger partial charge in [0.1, 0.15) is 11.2 Å². The van der Waals surface area contributed by atoms with E-state index in [0.717, 1.165) is 32.2 Å². The quantitative estimate of drug-likeness (QED) is 0.300. The van der Waals surface area contributed by atoms with E-state index >= 15 is 0 Å². The Bertz CT molecular complexity index is 1260. The molecular formula is C27H33ClFN5O3. The van der Waals surface area contributed by atoms with E-state index in [9.17, 15) is 14.3 Å². The number of hydrogen-bond acceptors (Lipinski definition) is 8. The van der Waals surface area contributed by atoms with Crippen molar-refractivity contribution in [3.05, 3.63) is 41.3 Å². The maximum Gasteiger partial charge on any atom is 0.308 e. The van der Waals surface area contributed by atoms with Crippen LogP contribution in [0.5, 0.6) is 11.5 Å². The summed E-state index contributed by atoms with van der Waals surface area (Å²) in [6.45, 7) is 6.37. The summed E-state index contributed by atoms with van der Waals surface area (Å²) in [6, 6.07) is 6.76. The minimum atomic E-state index is -0.839. The molecule has 1 fully saturated rings. The third-order valence-corrected chi connectivity index (χ3v) is 7.11. The normalized spacial score (nSPS) is 18.7. The number of nitrogens with zero attached hydrogens (tertiary/aromatic N) is 2. The molecule has 198 valence electrons. The van der Waals surface area contributed by atoms with E-state index in [-0.39, 0.29) is 22.9 Å². The second-order valence-electron chi connectivity index (χ2n) is 9.95. The lowest BCUT2D eigenvalue weighted by Gasteiger charge is -2.32. The van der Waals surface area contributed by atoms with Crippen molar-refractivity contribution in [3.8, 4) is 22.8 Å². The largest absolute Gasteiger partial charge is 0.504 e. The number of phenols is 1. The number of halogens is 2. The number of carbonyl (C=O) groups is 1. The summed E-state index contributed by atoms with van der Waals surface area (Å²) in [5.41, 5.74) is 8.66. The molecule has 0 bridgehead atoms. The molecule has 1 aliphatic carbocycles. The summed E-state index contributed by atoms with van der Waals surface area (Å²) in [4.78, 5) is 20.9. The third-order valence-electron chi connectivity index (χ3n) is 6.82. The number of benzene rings is 1. The number of fused-ring (bicyclic) bond motifs is 1. The van der Waals surface area contributed by atoms with Gasteiger partial charge in [-0.25, -0.2) is 9.37 Å². The zero-order valence-electron chi connectivity index (χ0n) is 21.2. The second kappa shape index (κ2) is 11.6. The number of nitrogens with one attached hydrogen (secondary N) is 2. The van der Waals surface area contributed by atoms with Gasteiger partial charge in [-0.2, -0.15) is 0 Å². The number of anilines is 1. The number of nitrogens with two attached hydrogens (primary N) is 1. The van der Waals surface area contributed by atoms with Crippen molar-refractivity contribution >= 4 is 34.3 Å². The van der Waals surface area contributed by atoms with E-state index in [1.165, 1.54) is 25.3 Å². The van der Waals surface area contributed by atoms with Gasteiger partial charge in [-0.05, 0) is 55.9 Å². The predicted octanol–water partition coefficient (Wildman–Crippen LogP) is 5.02. The zero-order valence-corrected chi connectivity index (χ0v) is 22.0. The fourth-order valence-corrected chi connectivity index (χ4v) is 4.69. The van der Waals surface area contributed by atoms with Crippen LogP contribution in [-0.2, 0) is 4.79 Å². The second-order valence-corrected chi connectivity index (χ2v) is 10.4. The van der Waals surface area contributed by atoms with Crippen molar-refractivity contribution in [3.63, 3.8) is 0 Å². The highest BCUT2D eigenvalue weighted by Gasteiger charge is 2.24. The van der Waals surface area contributed by atoms with Gasteiger partial charge in [0, 0.05) is 37.2 Å². The summed E-state index contributed by atoms with van der Waals surface area (Å²) in [5.74, 6) is -1.21. The lowest BCUT2D eigenvalue weighted by molar-refractivity contribution is -0.131. The Labute approximate surface area is 220 Å². The standard InChI is InChI=1S/C27H33ClFN5O3/c1-14(2)21(30)12-31-17-4-6-18(7-5-17)33-26-24(37-15(3)35)13-32-23-9-8-22(34-25(23)26)16-10-19(28)27(36)20(29)11-16/h8-11,13-14,17-18,21,31,36H,4-7,12,30H2,1-3H3,(H,32,33). The van der Waals surface area contributed by atoms with E-state index in [1.807, 2.05) is 0 Å². The molecule has 1 aliphatic rings. The van der Waals surface area contributed by atoms with Crippen molar-refractivity contribution in [1.29, 1.82) is 0 Å². The Hall–Kier alpha value is -3.01.